The van der Waals surface area contributed by atoms with Gasteiger partial charge in [0.25, 0.3) is 5.91 Å². The van der Waals surface area contributed by atoms with Crippen molar-refractivity contribution >= 4 is 16.7 Å². The maximum absolute atomic E-state index is 13.2. The smallest absolute Gasteiger partial charge is 0.254 e. The number of carbonyl (C=O) groups excluding carboxylic acids is 1. The molecule has 3 aromatic rings. The fraction of sp³-hybridized carbons (Fsp3) is 0.346. The van der Waals surface area contributed by atoms with E-state index >= 15 is 0 Å². The second kappa shape index (κ2) is 10.0. The van der Waals surface area contributed by atoms with Gasteiger partial charge >= 0.3 is 0 Å². The minimum absolute atomic E-state index is 0.0381. The molecule has 0 aliphatic carbocycles. The van der Waals surface area contributed by atoms with Crippen molar-refractivity contribution in [3.8, 4) is 23.0 Å². The topological polar surface area (TPSA) is 60.5 Å². The lowest BCUT2D eigenvalue weighted by atomic mass is 10.0. The van der Waals surface area contributed by atoms with Gasteiger partial charge in [-0.3, -0.25) is 9.69 Å². The molecule has 4 rings (SSSR count). The molecule has 0 bridgehead atoms. The highest BCUT2D eigenvalue weighted by Crippen LogP contribution is 2.38. The zero-order chi connectivity index (χ0) is 23.4. The van der Waals surface area contributed by atoms with Crippen LogP contribution < -0.4 is 18.9 Å². The van der Waals surface area contributed by atoms with Crippen LogP contribution in [-0.2, 0) is 6.54 Å². The Balaban J connectivity index is 1.46. The minimum Gasteiger partial charge on any atom is -0.496 e. The van der Waals surface area contributed by atoms with Gasteiger partial charge in [-0.25, -0.2) is 0 Å². The highest BCUT2D eigenvalue weighted by Gasteiger charge is 2.25. The number of nitrogens with zero attached hydrogens (tertiary/aromatic N) is 2. The Bertz CT molecular complexity index is 1110. The van der Waals surface area contributed by atoms with Crippen molar-refractivity contribution in [1.29, 1.82) is 0 Å². The largest absolute Gasteiger partial charge is 0.496 e. The standard InChI is InChI=1S/C26H30N2O5/c1-30-22-10-9-18(20-7-5-6-8-21(20)22)17-27-11-13-28(14-12-27)26(29)19-15-23(31-2)25(33-4)24(16-19)32-3/h5-10,15-16H,11-14,17H2,1-4H3. The number of piperazine rings is 1. The summed E-state index contributed by atoms with van der Waals surface area (Å²) in [4.78, 5) is 17.4. The summed E-state index contributed by atoms with van der Waals surface area (Å²) in [5.74, 6) is 2.28. The molecule has 0 unspecified atom stereocenters. The molecule has 0 saturated carbocycles. The maximum Gasteiger partial charge on any atom is 0.254 e. The monoisotopic (exact) mass is 450 g/mol. The van der Waals surface area contributed by atoms with E-state index in [9.17, 15) is 4.79 Å². The Labute approximate surface area is 194 Å². The van der Waals surface area contributed by atoms with E-state index in [0.29, 0.717) is 35.9 Å². The third kappa shape index (κ3) is 4.54. The third-order valence-electron chi connectivity index (χ3n) is 6.16. The summed E-state index contributed by atoms with van der Waals surface area (Å²) in [6, 6.07) is 15.9. The molecule has 7 nitrogen and oxygen atoms in total. The van der Waals surface area contributed by atoms with Crippen LogP contribution in [0.3, 0.4) is 0 Å². The van der Waals surface area contributed by atoms with Gasteiger partial charge in [0.05, 0.1) is 28.4 Å². The zero-order valence-corrected chi connectivity index (χ0v) is 19.6. The summed E-state index contributed by atoms with van der Waals surface area (Å²) in [6.45, 7) is 3.75. The molecule has 1 saturated heterocycles. The van der Waals surface area contributed by atoms with Crippen LogP contribution in [0, 0.1) is 0 Å². The van der Waals surface area contributed by atoms with Gasteiger partial charge in [-0.05, 0) is 29.1 Å². The normalized spacial score (nSPS) is 14.2. The number of hydrogen-bond donors (Lipinski definition) is 0. The molecular weight excluding hydrogens is 420 g/mol. The molecule has 174 valence electrons. The first kappa shape index (κ1) is 22.7. The molecule has 1 heterocycles. The lowest BCUT2D eigenvalue weighted by Gasteiger charge is -2.35. The van der Waals surface area contributed by atoms with Gasteiger partial charge in [0, 0.05) is 43.7 Å². The fourth-order valence-corrected chi connectivity index (χ4v) is 4.39. The molecular formula is C26H30N2O5. The SMILES string of the molecule is COc1cc(C(=O)N2CCN(Cc3ccc(OC)c4ccccc34)CC2)cc(OC)c1OC. The van der Waals surface area contributed by atoms with Crippen LogP contribution >= 0.6 is 0 Å². The molecule has 3 aromatic carbocycles. The highest BCUT2D eigenvalue weighted by molar-refractivity contribution is 5.96. The molecule has 0 radical (unpaired) electrons. The zero-order valence-electron chi connectivity index (χ0n) is 19.6. The Hall–Kier alpha value is -3.45. The van der Waals surface area contributed by atoms with Crippen molar-refractivity contribution in [3.05, 3.63) is 59.7 Å². The molecule has 1 amide bonds. The molecule has 1 aliphatic heterocycles. The molecule has 0 N–H and O–H groups in total. The Kier molecular flexibility index (Phi) is 6.89. The number of amides is 1. The van der Waals surface area contributed by atoms with Gasteiger partial charge in [-0.15, -0.1) is 0 Å². The second-order valence-electron chi connectivity index (χ2n) is 7.95. The van der Waals surface area contributed by atoms with E-state index in [0.717, 1.165) is 30.8 Å². The summed E-state index contributed by atoms with van der Waals surface area (Å²) in [5, 5.41) is 2.32. The molecule has 1 aliphatic rings. The van der Waals surface area contributed by atoms with Crippen LogP contribution in [0.25, 0.3) is 10.8 Å². The first-order valence-electron chi connectivity index (χ1n) is 11.0. The number of methoxy groups -OCH3 is 4. The minimum atomic E-state index is -0.0381. The Morgan fingerprint density at radius 3 is 1.94 bits per heavy atom. The Morgan fingerprint density at radius 2 is 1.36 bits per heavy atom. The van der Waals surface area contributed by atoms with Crippen LogP contribution in [0.4, 0.5) is 0 Å². The molecule has 1 fully saturated rings. The van der Waals surface area contributed by atoms with Crippen LogP contribution in [-0.4, -0.2) is 70.3 Å². The van der Waals surface area contributed by atoms with E-state index in [1.54, 1.807) is 40.6 Å². The molecule has 33 heavy (non-hydrogen) atoms. The van der Waals surface area contributed by atoms with Crippen molar-refractivity contribution in [3.63, 3.8) is 0 Å². The van der Waals surface area contributed by atoms with Crippen LogP contribution in [0.1, 0.15) is 15.9 Å². The average molecular weight is 451 g/mol. The van der Waals surface area contributed by atoms with Gasteiger partial charge in [-0.2, -0.15) is 0 Å². The lowest BCUT2D eigenvalue weighted by Crippen LogP contribution is -2.48. The summed E-state index contributed by atoms with van der Waals surface area (Å²) in [6.07, 6.45) is 0. The average Bonchev–Trinajstić information content (AvgIpc) is 2.88. The van der Waals surface area contributed by atoms with Crippen LogP contribution in [0.5, 0.6) is 23.0 Å². The third-order valence-corrected chi connectivity index (χ3v) is 6.16. The number of carbonyl (C=O) groups is 1. The van der Waals surface area contributed by atoms with Crippen molar-refractivity contribution in [2.24, 2.45) is 0 Å². The summed E-state index contributed by atoms with van der Waals surface area (Å²) in [5.41, 5.74) is 1.79. The van der Waals surface area contributed by atoms with E-state index in [4.69, 9.17) is 18.9 Å². The first-order chi connectivity index (χ1) is 16.1. The van der Waals surface area contributed by atoms with Crippen molar-refractivity contribution < 1.29 is 23.7 Å². The Morgan fingerprint density at radius 1 is 0.758 bits per heavy atom. The predicted molar refractivity (Wildman–Crippen MR) is 128 cm³/mol. The van der Waals surface area contributed by atoms with E-state index in [1.807, 2.05) is 17.0 Å². The lowest BCUT2D eigenvalue weighted by molar-refractivity contribution is 0.0628. The molecule has 0 atom stereocenters. The van der Waals surface area contributed by atoms with Gasteiger partial charge < -0.3 is 23.8 Å². The van der Waals surface area contributed by atoms with Gasteiger partial charge in [0.2, 0.25) is 5.75 Å². The van der Waals surface area contributed by atoms with Crippen LogP contribution in [0.2, 0.25) is 0 Å². The van der Waals surface area contributed by atoms with Gasteiger partial charge in [-0.1, -0.05) is 30.3 Å². The number of hydrogen-bond acceptors (Lipinski definition) is 6. The van der Waals surface area contributed by atoms with Crippen molar-refractivity contribution in [2.45, 2.75) is 6.54 Å². The van der Waals surface area contributed by atoms with E-state index in [1.165, 1.54) is 10.9 Å². The van der Waals surface area contributed by atoms with Gasteiger partial charge in [0.1, 0.15) is 5.75 Å². The number of fused-ring (bicyclic) bond motifs is 1. The molecule has 0 aromatic heterocycles. The number of ether oxygens (including phenoxy) is 4. The van der Waals surface area contributed by atoms with Gasteiger partial charge in [0.15, 0.2) is 11.5 Å². The summed E-state index contributed by atoms with van der Waals surface area (Å²) >= 11 is 0. The highest BCUT2D eigenvalue weighted by atomic mass is 16.5. The fourth-order valence-electron chi connectivity index (χ4n) is 4.39. The number of rotatable bonds is 7. The predicted octanol–water partition coefficient (Wildman–Crippen LogP) is 3.83. The quantitative estimate of drug-likeness (QED) is 0.545. The maximum atomic E-state index is 13.2. The van der Waals surface area contributed by atoms with E-state index in [2.05, 4.69) is 29.2 Å². The van der Waals surface area contributed by atoms with Crippen LogP contribution in [0.15, 0.2) is 48.5 Å². The molecule has 7 heteroatoms. The van der Waals surface area contributed by atoms with E-state index in [-0.39, 0.29) is 5.91 Å². The molecule has 0 spiro atoms. The number of benzene rings is 3. The summed E-state index contributed by atoms with van der Waals surface area (Å²) < 4.78 is 21.7. The van der Waals surface area contributed by atoms with Crippen molar-refractivity contribution in [2.75, 3.05) is 54.6 Å². The summed E-state index contributed by atoms with van der Waals surface area (Å²) in [7, 11) is 6.35. The van der Waals surface area contributed by atoms with Crippen molar-refractivity contribution in [1.82, 2.24) is 9.80 Å². The second-order valence-corrected chi connectivity index (χ2v) is 7.95. The first-order valence-corrected chi connectivity index (χ1v) is 11.0. The van der Waals surface area contributed by atoms with E-state index < -0.39 is 0 Å².